The molecular formula is C10H22N2. The zero-order chi connectivity index (χ0) is 9.30. The van der Waals surface area contributed by atoms with Crippen LogP contribution in [0.3, 0.4) is 0 Å². The molecule has 0 unspecified atom stereocenters. The first kappa shape index (κ1) is 10.0. The lowest BCUT2D eigenvalue weighted by atomic mass is 10.1. The van der Waals surface area contributed by atoms with Crippen LogP contribution >= 0.6 is 0 Å². The highest BCUT2D eigenvalue weighted by molar-refractivity contribution is 4.84. The summed E-state index contributed by atoms with van der Waals surface area (Å²) in [4.78, 5) is 5.04. The number of likely N-dealkylation sites (N-methyl/N-ethyl adjacent to an activating group) is 1. The molecule has 1 aliphatic rings. The van der Waals surface area contributed by atoms with Gasteiger partial charge in [0.05, 0.1) is 0 Å². The van der Waals surface area contributed by atoms with Crippen LogP contribution in [0, 0.1) is 0 Å². The van der Waals surface area contributed by atoms with E-state index in [1.54, 1.807) is 0 Å². The van der Waals surface area contributed by atoms with Gasteiger partial charge in [-0.2, -0.15) is 0 Å². The molecule has 0 saturated carbocycles. The zero-order valence-electron chi connectivity index (χ0n) is 9.04. The van der Waals surface area contributed by atoms with Crippen LogP contribution < -0.4 is 0 Å². The molecule has 1 rings (SSSR count). The monoisotopic (exact) mass is 170 g/mol. The predicted molar refractivity (Wildman–Crippen MR) is 53.4 cm³/mol. The Balaban J connectivity index is 2.55. The smallest absolute Gasteiger partial charge is 0.0198 e. The first-order chi connectivity index (χ1) is 5.52. The average Bonchev–Trinajstić information content (AvgIpc) is 1.96. The highest BCUT2D eigenvalue weighted by atomic mass is 15.3. The molecule has 1 fully saturated rings. The third kappa shape index (κ3) is 1.99. The Bertz CT molecular complexity index is 145. The van der Waals surface area contributed by atoms with E-state index in [4.69, 9.17) is 0 Å². The Morgan fingerprint density at radius 2 is 1.67 bits per heavy atom. The van der Waals surface area contributed by atoms with E-state index in [9.17, 15) is 0 Å². The third-order valence-corrected chi connectivity index (χ3v) is 3.01. The van der Waals surface area contributed by atoms with Gasteiger partial charge in [0.2, 0.25) is 0 Å². The van der Waals surface area contributed by atoms with Crippen LogP contribution in [0.25, 0.3) is 0 Å². The van der Waals surface area contributed by atoms with Gasteiger partial charge in [-0.05, 0) is 34.7 Å². The van der Waals surface area contributed by atoms with Crippen LogP contribution in [0.15, 0.2) is 0 Å². The van der Waals surface area contributed by atoms with Crippen LogP contribution in [0.4, 0.5) is 0 Å². The van der Waals surface area contributed by atoms with E-state index < -0.39 is 0 Å². The van der Waals surface area contributed by atoms with Crippen LogP contribution in [0.5, 0.6) is 0 Å². The molecule has 0 aliphatic carbocycles. The van der Waals surface area contributed by atoms with Crippen molar-refractivity contribution in [3.05, 3.63) is 0 Å². The molecule has 2 atom stereocenters. The van der Waals surface area contributed by atoms with Gasteiger partial charge in [-0.3, -0.25) is 4.90 Å². The molecule has 1 saturated heterocycles. The van der Waals surface area contributed by atoms with E-state index in [0.29, 0.717) is 18.1 Å². The normalized spacial score (nSPS) is 34.5. The Morgan fingerprint density at radius 1 is 1.08 bits per heavy atom. The Labute approximate surface area is 76.5 Å². The van der Waals surface area contributed by atoms with Crippen molar-refractivity contribution >= 4 is 0 Å². The van der Waals surface area contributed by atoms with Crippen LogP contribution in [0.1, 0.15) is 27.7 Å². The zero-order valence-corrected chi connectivity index (χ0v) is 9.04. The summed E-state index contributed by atoms with van der Waals surface area (Å²) < 4.78 is 0. The molecular weight excluding hydrogens is 148 g/mol. The fourth-order valence-electron chi connectivity index (χ4n) is 2.05. The minimum absolute atomic E-state index is 0.691. The van der Waals surface area contributed by atoms with E-state index >= 15 is 0 Å². The predicted octanol–water partition coefficient (Wildman–Crippen LogP) is 1.42. The fourth-order valence-corrected chi connectivity index (χ4v) is 2.05. The minimum atomic E-state index is 0.691. The lowest BCUT2D eigenvalue weighted by Crippen LogP contribution is -2.56. The molecule has 0 aromatic heterocycles. The van der Waals surface area contributed by atoms with Gasteiger partial charge in [0, 0.05) is 31.2 Å². The van der Waals surface area contributed by atoms with Crippen molar-refractivity contribution in [2.75, 3.05) is 20.1 Å². The summed E-state index contributed by atoms with van der Waals surface area (Å²) in [6.07, 6.45) is 0. The molecule has 1 aliphatic heterocycles. The Morgan fingerprint density at radius 3 is 2.17 bits per heavy atom. The van der Waals surface area contributed by atoms with Crippen LogP contribution in [-0.2, 0) is 0 Å². The number of nitrogens with zero attached hydrogens (tertiary/aromatic N) is 2. The first-order valence-corrected chi connectivity index (χ1v) is 4.98. The van der Waals surface area contributed by atoms with E-state index in [1.165, 1.54) is 13.1 Å². The molecule has 0 aromatic rings. The second-order valence-electron chi connectivity index (χ2n) is 4.43. The minimum Gasteiger partial charge on any atom is -0.301 e. The average molecular weight is 170 g/mol. The van der Waals surface area contributed by atoms with Gasteiger partial charge in [0.15, 0.2) is 0 Å². The molecule has 0 aromatic carbocycles. The summed E-state index contributed by atoms with van der Waals surface area (Å²) in [5.74, 6) is 0. The van der Waals surface area contributed by atoms with Crippen molar-refractivity contribution in [3.63, 3.8) is 0 Å². The third-order valence-electron chi connectivity index (χ3n) is 3.01. The fraction of sp³-hybridized carbons (Fsp3) is 1.00. The van der Waals surface area contributed by atoms with Gasteiger partial charge >= 0.3 is 0 Å². The standard InChI is InChI=1S/C10H22N2/c1-8(2)12-7-9(3)11(5)6-10(12)4/h8-10H,6-7H2,1-5H3/t9-,10+/m0/s1. The molecule has 2 nitrogen and oxygen atoms in total. The van der Waals surface area contributed by atoms with E-state index in [2.05, 4.69) is 44.5 Å². The number of hydrogen-bond acceptors (Lipinski definition) is 2. The number of hydrogen-bond donors (Lipinski definition) is 0. The van der Waals surface area contributed by atoms with Crippen molar-refractivity contribution < 1.29 is 0 Å². The Kier molecular flexibility index (Phi) is 3.13. The van der Waals surface area contributed by atoms with E-state index in [-0.39, 0.29) is 0 Å². The maximum atomic E-state index is 2.59. The molecule has 0 radical (unpaired) electrons. The molecule has 0 bridgehead atoms. The van der Waals surface area contributed by atoms with E-state index in [0.717, 1.165) is 0 Å². The highest BCUT2D eigenvalue weighted by Crippen LogP contribution is 2.15. The van der Waals surface area contributed by atoms with Crippen molar-refractivity contribution in [2.24, 2.45) is 0 Å². The summed E-state index contributed by atoms with van der Waals surface area (Å²) in [6.45, 7) is 11.6. The lowest BCUT2D eigenvalue weighted by Gasteiger charge is -2.44. The maximum absolute atomic E-state index is 2.59. The van der Waals surface area contributed by atoms with Gasteiger partial charge in [-0.1, -0.05) is 0 Å². The molecule has 0 spiro atoms. The summed E-state index contributed by atoms with van der Waals surface area (Å²) in [5.41, 5.74) is 0. The topological polar surface area (TPSA) is 6.48 Å². The summed E-state index contributed by atoms with van der Waals surface area (Å²) in [5, 5.41) is 0. The van der Waals surface area contributed by atoms with Gasteiger partial charge in [0.25, 0.3) is 0 Å². The summed E-state index contributed by atoms with van der Waals surface area (Å²) in [6, 6.07) is 2.12. The largest absolute Gasteiger partial charge is 0.301 e. The maximum Gasteiger partial charge on any atom is 0.0198 e. The Hall–Kier alpha value is -0.0800. The van der Waals surface area contributed by atoms with Gasteiger partial charge in [-0.25, -0.2) is 0 Å². The van der Waals surface area contributed by atoms with Crippen LogP contribution in [-0.4, -0.2) is 48.1 Å². The SMILES string of the molecule is CC(C)N1C[C@H](C)N(C)C[C@H]1C. The van der Waals surface area contributed by atoms with Gasteiger partial charge in [-0.15, -0.1) is 0 Å². The van der Waals surface area contributed by atoms with Crippen molar-refractivity contribution in [3.8, 4) is 0 Å². The first-order valence-electron chi connectivity index (χ1n) is 4.98. The number of piperazine rings is 1. The summed E-state index contributed by atoms with van der Waals surface area (Å²) >= 11 is 0. The quantitative estimate of drug-likeness (QED) is 0.587. The van der Waals surface area contributed by atoms with E-state index in [1.807, 2.05) is 0 Å². The highest BCUT2D eigenvalue weighted by Gasteiger charge is 2.27. The molecule has 72 valence electrons. The van der Waals surface area contributed by atoms with Crippen molar-refractivity contribution in [1.29, 1.82) is 0 Å². The molecule has 12 heavy (non-hydrogen) atoms. The van der Waals surface area contributed by atoms with Gasteiger partial charge < -0.3 is 4.90 Å². The molecule has 2 heteroatoms. The lowest BCUT2D eigenvalue weighted by molar-refractivity contribution is 0.0387. The molecule has 1 heterocycles. The second kappa shape index (κ2) is 3.75. The van der Waals surface area contributed by atoms with Gasteiger partial charge in [0.1, 0.15) is 0 Å². The summed E-state index contributed by atoms with van der Waals surface area (Å²) in [7, 11) is 2.22. The number of rotatable bonds is 1. The second-order valence-corrected chi connectivity index (χ2v) is 4.43. The van der Waals surface area contributed by atoms with Crippen molar-refractivity contribution in [1.82, 2.24) is 9.80 Å². The van der Waals surface area contributed by atoms with Crippen LogP contribution in [0.2, 0.25) is 0 Å². The molecule has 0 N–H and O–H groups in total. The molecule has 0 amide bonds. The van der Waals surface area contributed by atoms with Crippen molar-refractivity contribution in [2.45, 2.75) is 45.8 Å².